The van der Waals surface area contributed by atoms with E-state index in [2.05, 4.69) is 10.6 Å². The summed E-state index contributed by atoms with van der Waals surface area (Å²) < 4.78 is 41.0. The summed E-state index contributed by atoms with van der Waals surface area (Å²) in [6.07, 6.45) is 0.696. The van der Waals surface area contributed by atoms with E-state index in [1.54, 1.807) is 17.5 Å². The summed E-state index contributed by atoms with van der Waals surface area (Å²) in [5.41, 5.74) is 2.49. The SMILES string of the molecule is O=C(Nc1ccc(N2C(=O)Cc3cc4c(cc3C2=O)CCN4)c(F)c1)NS(=O)(=O)c1cccs1. The second-order valence-electron chi connectivity index (χ2n) is 7.71. The number of anilines is 3. The van der Waals surface area contributed by atoms with Crippen molar-refractivity contribution < 1.29 is 27.2 Å². The van der Waals surface area contributed by atoms with Crippen molar-refractivity contribution in [1.82, 2.24) is 4.72 Å². The predicted octanol–water partition coefficient (Wildman–Crippen LogP) is 3.10. The molecule has 3 aromatic rings. The molecule has 0 bridgehead atoms. The van der Waals surface area contributed by atoms with E-state index >= 15 is 0 Å². The maximum atomic E-state index is 14.9. The topological polar surface area (TPSA) is 125 Å². The lowest BCUT2D eigenvalue weighted by molar-refractivity contribution is -0.117. The number of nitrogens with one attached hydrogen (secondary N) is 3. The highest BCUT2D eigenvalue weighted by Crippen LogP contribution is 2.33. The molecule has 0 atom stereocenters. The number of imide groups is 1. The van der Waals surface area contributed by atoms with Crippen LogP contribution in [-0.4, -0.2) is 32.8 Å². The average Bonchev–Trinajstić information content (AvgIpc) is 3.45. The van der Waals surface area contributed by atoms with Gasteiger partial charge >= 0.3 is 6.03 Å². The number of hydrogen-bond donors (Lipinski definition) is 3. The van der Waals surface area contributed by atoms with Crippen LogP contribution in [0.1, 0.15) is 21.5 Å². The second kappa shape index (κ2) is 8.22. The summed E-state index contributed by atoms with van der Waals surface area (Å²) in [5, 5.41) is 6.99. The van der Waals surface area contributed by atoms with E-state index in [0.29, 0.717) is 11.1 Å². The molecule has 0 saturated carbocycles. The lowest BCUT2D eigenvalue weighted by Gasteiger charge is -2.28. The zero-order valence-electron chi connectivity index (χ0n) is 17.4. The number of amides is 4. The third-order valence-electron chi connectivity index (χ3n) is 5.50. The van der Waals surface area contributed by atoms with Crippen LogP contribution in [0, 0.1) is 5.82 Å². The summed E-state index contributed by atoms with van der Waals surface area (Å²) in [4.78, 5) is 38.7. The number of sulfonamides is 1. The molecule has 3 heterocycles. The van der Waals surface area contributed by atoms with Gasteiger partial charge in [0.1, 0.15) is 10.0 Å². The third kappa shape index (κ3) is 3.90. The second-order valence-corrected chi connectivity index (χ2v) is 10.6. The van der Waals surface area contributed by atoms with Crippen molar-refractivity contribution in [3.63, 3.8) is 0 Å². The zero-order chi connectivity index (χ0) is 24.0. The number of carbonyl (C=O) groups excluding carboxylic acids is 3. The minimum absolute atomic E-state index is 0.0481. The van der Waals surface area contributed by atoms with E-state index in [1.807, 2.05) is 4.72 Å². The van der Waals surface area contributed by atoms with Gasteiger partial charge in [-0.3, -0.25) is 9.59 Å². The van der Waals surface area contributed by atoms with Crippen molar-refractivity contribution in [3.8, 4) is 0 Å². The number of urea groups is 1. The summed E-state index contributed by atoms with van der Waals surface area (Å²) >= 11 is 0.937. The molecule has 4 amide bonds. The first kappa shape index (κ1) is 22.0. The maximum absolute atomic E-state index is 14.9. The van der Waals surface area contributed by atoms with E-state index in [1.165, 1.54) is 24.3 Å². The number of nitrogens with zero attached hydrogens (tertiary/aromatic N) is 1. The highest BCUT2D eigenvalue weighted by Gasteiger charge is 2.35. The number of rotatable bonds is 4. The molecule has 2 aromatic carbocycles. The molecule has 2 aliphatic rings. The number of carbonyl (C=O) groups is 3. The van der Waals surface area contributed by atoms with Crippen LogP contribution >= 0.6 is 11.3 Å². The van der Waals surface area contributed by atoms with Crippen molar-refractivity contribution in [2.24, 2.45) is 0 Å². The van der Waals surface area contributed by atoms with Gasteiger partial charge in [-0.15, -0.1) is 11.3 Å². The Morgan fingerprint density at radius 2 is 1.94 bits per heavy atom. The van der Waals surface area contributed by atoms with Gasteiger partial charge in [0.05, 0.1) is 12.1 Å². The Balaban J connectivity index is 1.36. The molecule has 34 heavy (non-hydrogen) atoms. The van der Waals surface area contributed by atoms with Gasteiger partial charge in [0.25, 0.3) is 15.9 Å². The first-order chi connectivity index (χ1) is 16.2. The van der Waals surface area contributed by atoms with Crippen LogP contribution in [0.15, 0.2) is 52.1 Å². The number of hydrogen-bond acceptors (Lipinski definition) is 7. The summed E-state index contributed by atoms with van der Waals surface area (Å²) in [6, 6.07) is 8.68. The molecule has 0 aliphatic carbocycles. The van der Waals surface area contributed by atoms with Crippen LogP contribution in [0.2, 0.25) is 0 Å². The smallest absolute Gasteiger partial charge is 0.333 e. The molecule has 0 spiro atoms. The highest BCUT2D eigenvalue weighted by atomic mass is 32.2. The minimum Gasteiger partial charge on any atom is -0.384 e. The Morgan fingerprint density at radius 1 is 1.12 bits per heavy atom. The standard InChI is InChI=1S/C22H17FN4O5S2/c23-16-11-14(25-22(30)26-34(31,32)20-2-1-7-33-20)3-4-18(16)27-19(28)10-13-9-17-12(5-6-24-17)8-15(13)21(27)29/h1-4,7-9,11,24H,5-6,10H2,(H2,25,26,30). The van der Waals surface area contributed by atoms with Gasteiger partial charge in [-0.1, -0.05) is 6.07 Å². The van der Waals surface area contributed by atoms with Gasteiger partial charge in [0, 0.05) is 23.5 Å². The van der Waals surface area contributed by atoms with Crippen molar-refractivity contribution in [2.75, 3.05) is 22.1 Å². The molecule has 0 unspecified atom stereocenters. The third-order valence-corrected chi connectivity index (χ3v) is 8.23. The fraction of sp³-hybridized carbons (Fsp3) is 0.136. The molecule has 2 aliphatic heterocycles. The van der Waals surface area contributed by atoms with Gasteiger partial charge in [-0.05, 0) is 59.3 Å². The van der Waals surface area contributed by atoms with Gasteiger partial charge in [-0.2, -0.15) is 0 Å². The van der Waals surface area contributed by atoms with E-state index in [0.717, 1.165) is 46.5 Å². The zero-order valence-corrected chi connectivity index (χ0v) is 19.1. The monoisotopic (exact) mass is 500 g/mol. The summed E-state index contributed by atoms with van der Waals surface area (Å²) in [7, 11) is -4.06. The van der Waals surface area contributed by atoms with E-state index in [9.17, 15) is 27.2 Å². The molecule has 174 valence electrons. The van der Waals surface area contributed by atoms with Crippen LogP contribution in [0.5, 0.6) is 0 Å². The van der Waals surface area contributed by atoms with Crippen LogP contribution in [0.4, 0.5) is 26.2 Å². The summed E-state index contributed by atoms with van der Waals surface area (Å²) in [5.74, 6) is -2.12. The lowest BCUT2D eigenvalue weighted by atomic mass is 9.94. The van der Waals surface area contributed by atoms with Crippen LogP contribution in [0.3, 0.4) is 0 Å². The Labute approximate surface area is 197 Å². The number of fused-ring (bicyclic) bond motifs is 2. The highest BCUT2D eigenvalue weighted by molar-refractivity contribution is 7.92. The molecule has 9 nitrogen and oxygen atoms in total. The van der Waals surface area contributed by atoms with Crippen molar-refractivity contribution in [2.45, 2.75) is 17.1 Å². The van der Waals surface area contributed by atoms with Gasteiger partial charge in [-0.25, -0.2) is 27.2 Å². The van der Waals surface area contributed by atoms with Crippen LogP contribution in [-0.2, 0) is 27.7 Å². The Kier molecular flexibility index (Phi) is 5.33. The fourth-order valence-electron chi connectivity index (χ4n) is 3.97. The largest absolute Gasteiger partial charge is 0.384 e. The fourth-order valence-corrected chi connectivity index (χ4v) is 5.87. The molecule has 1 aromatic heterocycles. The number of halogens is 1. The number of thiophene rings is 1. The van der Waals surface area contributed by atoms with Crippen molar-refractivity contribution in [1.29, 1.82) is 0 Å². The summed E-state index contributed by atoms with van der Waals surface area (Å²) in [6.45, 7) is 0.745. The van der Waals surface area contributed by atoms with Gasteiger partial charge in [0.15, 0.2) is 0 Å². The first-order valence-electron chi connectivity index (χ1n) is 10.2. The molecule has 0 radical (unpaired) electrons. The molecule has 0 fully saturated rings. The van der Waals surface area contributed by atoms with Crippen LogP contribution in [0.25, 0.3) is 0 Å². The van der Waals surface area contributed by atoms with Crippen molar-refractivity contribution in [3.05, 3.63) is 70.4 Å². The van der Waals surface area contributed by atoms with E-state index in [4.69, 9.17) is 0 Å². The molecule has 12 heteroatoms. The van der Waals surface area contributed by atoms with E-state index < -0.39 is 33.7 Å². The quantitative estimate of drug-likeness (QED) is 0.473. The van der Waals surface area contributed by atoms with Gasteiger partial charge < -0.3 is 10.6 Å². The molecule has 0 saturated heterocycles. The molecule has 5 rings (SSSR count). The normalized spacial score (nSPS) is 14.9. The van der Waals surface area contributed by atoms with Crippen molar-refractivity contribution >= 4 is 56.3 Å². The maximum Gasteiger partial charge on any atom is 0.333 e. The first-order valence-corrected chi connectivity index (χ1v) is 12.5. The Bertz CT molecular complexity index is 1450. The Morgan fingerprint density at radius 3 is 2.68 bits per heavy atom. The average molecular weight is 501 g/mol. The van der Waals surface area contributed by atoms with Gasteiger partial charge in [0.2, 0.25) is 5.91 Å². The predicted molar refractivity (Wildman–Crippen MR) is 124 cm³/mol. The lowest BCUT2D eigenvalue weighted by Crippen LogP contribution is -2.43. The molecule has 3 N–H and O–H groups in total. The minimum atomic E-state index is -4.06. The molecular weight excluding hydrogens is 483 g/mol. The Hall–Kier alpha value is -3.77. The van der Waals surface area contributed by atoms with E-state index in [-0.39, 0.29) is 22.0 Å². The number of benzene rings is 2. The molecular formula is C22H17FN4O5S2. The van der Waals surface area contributed by atoms with Crippen LogP contribution < -0.4 is 20.3 Å².